The van der Waals surface area contributed by atoms with E-state index in [0.717, 1.165) is 0 Å². The van der Waals surface area contributed by atoms with E-state index in [4.69, 9.17) is 5.73 Å². The quantitative estimate of drug-likeness (QED) is 0.767. The summed E-state index contributed by atoms with van der Waals surface area (Å²) < 4.78 is 0. The predicted molar refractivity (Wildman–Crippen MR) is 93.2 cm³/mol. The van der Waals surface area contributed by atoms with Gasteiger partial charge in [-0.1, -0.05) is 12.2 Å². The maximum atomic E-state index is 12.1. The molecule has 1 aliphatic carbocycles. The summed E-state index contributed by atoms with van der Waals surface area (Å²) in [7, 11) is 0. The van der Waals surface area contributed by atoms with Gasteiger partial charge in [0.2, 0.25) is 0 Å². The van der Waals surface area contributed by atoms with Crippen molar-refractivity contribution in [3.8, 4) is 11.3 Å². The van der Waals surface area contributed by atoms with Crippen LogP contribution in [0, 0.1) is 0 Å². The van der Waals surface area contributed by atoms with Crippen LogP contribution in [0.15, 0.2) is 47.0 Å². The molecular weight excluding hydrogens is 342 g/mol. The SMILES string of the molecule is CC1=CC=C(C(=O)O)CC1(C(=O)O)c1nc(-c2ccc(N)nc2)cs1. The first-order valence-corrected chi connectivity index (χ1v) is 8.25. The molecule has 7 nitrogen and oxygen atoms in total. The zero-order valence-corrected chi connectivity index (χ0v) is 14.1. The van der Waals surface area contributed by atoms with E-state index in [9.17, 15) is 19.8 Å². The lowest BCUT2D eigenvalue weighted by Crippen LogP contribution is -2.39. The summed E-state index contributed by atoms with van der Waals surface area (Å²) in [5, 5.41) is 21.2. The maximum Gasteiger partial charge on any atom is 0.331 e. The minimum atomic E-state index is -1.48. The zero-order valence-electron chi connectivity index (χ0n) is 13.3. The second kappa shape index (κ2) is 6.14. The highest BCUT2D eigenvalue weighted by molar-refractivity contribution is 7.10. The summed E-state index contributed by atoms with van der Waals surface area (Å²) in [5.41, 5.74) is 5.97. The molecule has 1 aliphatic rings. The molecule has 0 saturated heterocycles. The van der Waals surface area contributed by atoms with Gasteiger partial charge in [0.1, 0.15) is 16.2 Å². The van der Waals surface area contributed by atoms with Crippen LogP contribution in [0.3, 0.4) is 0 Å². The van der Waals surface area contributed by atoms with E-state index in [0.29, 0.717) is 27.7 Å². The minimum Gasteiger partial charge on any atom is -0.480 e. The Bertz CT molecular complexity index is 914. The minimum absolute atomic E-state index is 0.0406. The number of carboxylic acids is 2. The fourth-order valence-corrected chi connectivity index (χ4v) is 3.82. The number of pyridine rings is 1. The fourth-order valence-electron chi connectivity index (χ4n) is 2.74. The van der Waals surface area contributed by atoms with Gasteiger partial charge < -0.3 is 15.9 Å². The number of carbonyl (C=O) groups is 2. The summed E-state index contributed by atoms with van der Waals surface area (Å²) >= 11 is 1.19. The number of aliphatic carboxylic acids is 2. The Balaban J connectivity index is 2.07. The molecule has 128 valence electrons. The van der Waals surface area contributed by atoms with Gasteiger partial charge in [0, 0.05) is 29.1 Å². The van der Waals surface area contributed by atoms with Crippen LogP contribution in [0.2, 0.25) is 0 Å². The van der Waals surface area contributed by atoms with Gasteiger partial charge in [-0.05, 0) is 24.6 Å². The second-order valence-electron chi connectivity index (χ2n) is 5.74. The molecule has 0 spiro atoms. The number of nitrogens with zero attached hydrogens (tertiary/aromatic N) is 2. The first-order chi connectivity index (χ1) is 11.8. The number of thiazole rings is 1. The molecule has 0 aliphatic heterocycles. The maximum absolute atomic E-state index is 12.1. The van der Waals surface area contributed by atoms with Gasteiger partial charge in [0.15, 0.2) is 0 Å². The molecule has 0 radical (unpaired) electrons. The first kappa shape index (κ1) is 16.8. The van der Waals surface area contributed by atoms with Crippen LogP contribution in [-0.4, -0.2) is 32.1 Å². The van der Waals surface area contributed by atoms with Crippen LogP contribution in [-0.2, 0) is 15.0 Å². The number of nitrogen functional groups attached to an aromatic ring is 1. The molecule has 0 bridgehead atoms. The Hall–Kier alpha value is -3.00. The van der Waals surface area contributed by atoms with Crippen LogP contribution in [0.25, 0.3) is 11.3 Å². The summed E-state index contributed by atoms with van der Waals surface area (Å²) in [4.78, 5) is 31.9. The van der Waals surface area contributed by atoms with Gasteiger partial charge in [-0.2, -0.15) is 0 Å². The lowest BCUT2D eigenvalue weighted by molar-refractivity contribution is -0.142. The van der Waals surface area contributed by atoms with E-state index >= 15 is 0 Å². The lowest BCUT2D eigenvalue weighted by atomic mass is 9.73. The highest BCUT2D eigenvalue weighted by atomic mass is 32.1. The van der Waals surface area contributed by atoms with Crippen LogP contribution in [0.1, 0.15) is 18.4 Å². The predicted octanol–water partition coefficient (Wildman–Crippen LogP) is 2.47. The molecule has 3 rings (SSSR count). The van der Waals surface area contributed by atoms with E-state index < -0.39 is 17.4 Å². The molecule has 1 unspecified atom stereocenters. The normalized spacial score (nSPS) is 19.9. The Morgan fingerprint density at radius 2 is 2.04 bits per heavy atom. The third-order valence-electron chi connectivity index (χ3n) is 4.25. The molecule has 4 N–H and O–H groups in total. The van der Waals surface area contributed by atoms with Crippen LogP contribution in [0.4, 0.5) is 5.82 Å². The molecule has 0 aromatic carbocycles. The van der Waals surface area contributed by atoms with Gasteiger partial charge in [0.05, 0.1) is 5.69 Å². The van der Waals surface area contributed by atoms with Crippen molar-refractivity contribution < 1.29 is 19.8 Å². The number of allylic oxidation sites excluding steroid dienone is 2. The molecular formula is C17H15N3O4S. The number of anilines is 1. The van der Waals surface area contributed by atoms with Gasteiger partial charge in [-0.25, -0.2) is 14.8 Å². The van der Waals surface area contributed by atoms with Crippen LogP contribution in [0.5, 0.6) is 0 Å². The van der Waals surface area contributed by atoms with E-state index in [1.54, 1.807) is 30.6 Å². The van der Waals surface area contributed by atoms with Gasteiger partial charge in [-0.3, -0.25) is 4.79 Å². The highest BCUT2D eigenvalue weighted by Gasteiger charge is 2.47. The summed E-state index contributed by atoms with van der Waals surface area (Å²) in [5.74, 6) is -1.87. The Kier molecular flexibility index (Phi) is 4.13. The van der Waals surface area contributed by atoms with Crippen molar-refractivity contribution in [2.24, 2.45) is 0 Å². The second-order valence-corrected chi connectivity index (χ2v) is 6.60. The largest absolute Gasteiger partial charge is 0.480 e. The van der Waals surface area contributed by atoms with Crippen molar-refractivity contribution in [1.82, 2.24) is 9.97 Å². The number of rotatable bonds is 4. The Labute approximate surface area is 147 Å². The number of hydrogen-bond donors (Lipinski definition) is 3. The molecule has 1 atom stereocenters. The third-order valence-corrected chi connectivity index (χ3v) is 5.26. The Morgan fingerprint density at radius 3 is 2.64 bits per heavy atom. The van der Waals surface area contributed by atoms with Crippen LogP contribution >= 0.6 is 11.3 Å². The summed E-state index contributed by atoms with van der Waals surface area (Å²) in [6.45, 7) is 1.68. The first-order valence-electron chi connectivity index (χ1n) is 7.37. The van der Waals surface area contributed by atoms with Crippen molar-refractivity contribution in [3.63, 3.8) is 0 Å². The van der Waals surface area contributed by atoms with Gasteiger partial charge in [0.25, 0.3) is 0 Å². The molecule has 2 heterocycles. The smallest absolute Gasteiger partial charge is 0.331 e. The number of carboxylic acid groups (broad SMARTS) is 2. The van der Waals surface area contributed by atoms with Crippen molar-refractivity contribution in [3.05, 3.63) is 52.0 Å². The number of nitrogens with two attached hydrogens (primary N) is 1. The van der Waals surface area contributed by atoms with Crippen molar-refractivity contribution in [2.75, 3.05) is 5.73 Å². The topological polar surface area (TPSA) is 126 Å². The van der Waals surface area contributed by atoms with E-state index in [1.165, 1.54) is 23.5 Å². The molecule has 0 amide bonds. The average molecular weight is 357 g/mol. The van der Waals surface area contributed by atoms with E-state index in [2.05, 4.69) is 9.97 Å². The lowest BCUT2D eigenvalue weighted by Gasteiger charge is -2.31. The van der Waals surface area contributed by atoms with Gasteiger partial charge in [-0.15, -0.1) is 11.3 Å². The standard InChI is InChI=1S/C17H15N3O4S/c1-9-2-3-10(14(21)22)6-17(9,16(23)24)15-20-12(8-25-15)11-4-5-13(18)19-7-11/h2-5,7-8H,6H2,1H3,(H2,18,19)(H,21,22)(H,23,24). The fraction of sp³-hybridized carbons (Fsp3) is 0.176. The summed E-state index contributed by atoms with van der Waals surface area (Å²) in [6.07, 6.45) is 4.39. The Morgan fingerprint density at radius 1 is 1.28 bits per heavy atom. The zero-order chi connectivity index (χ0) is 18.2. The third kappa shape index (κ3) is 2.80. The molecule has 0 saturated carbocycles. The van der Waals surface area contributed by atoms with E-state index in [-0.39, 0.29) is 12.0 Å². The highest BCUT2D eigenvalue weighted by Crippen LogP contribution is 2.43. The van der Waals surface area contributed by atoms with E-state index in [1.807, 2.05) is 0 Å². The monoisotopic (exact) mass is 357 g/mol. The van der Waals surface area contributed by atoms with Crippen molar-refractivity contribution in [1.29, 1.82) is 0 Å². The number of aromatic nitrogens is 2. The number of hydrogen-bond acceptors (Lipinski definition) is 6. The summed E-state index contributed by atoms with van der Waals surface area (Å²) in [6, 6.07) is 3.39. The molecule has 8 heteroatoms. The average Bonchev–Trinajstić information content (AvgIpc) is 3.05. The molecule has 25 heavy (non-hydrogen) atoms. The molecule has 2 aromatic heterocycles. The van der Waals surface area contributed by atoms with Crippen molar-refractivity contribution in [2.45, 2.75) is 18.8 Å². The molecule has 2 aromatic rings. The molecule has 0 fully saturated rings. The van der Waals surface area contributed by atoms with Crippen LogP contribution < -0.4 is 5.73 Å². The van der Waals surface area contributed by atoms with Gasteiger partial charge >= 0.3 is 11.9 Å². The van der Waals surface area contributed by atoms with Crippen molar-refractivity contribution >= 4 is 29.1 Å².